The Bertz CT molecular complexity index is 1600. The maximum atomic E-state index is 13.8. The summed E-state index contributed by atoms with van der Waals surface area (Å²) in [6.45, 7) is 2.01. The number of ether oxygens (including phenoxy) is 1. The van der Waals surface area contributed by atoms with Crippen LogP contribution in [0.1, 0.15) is 29.0 Å². The standard InChI is InChI=1S/C28H25N3O3S2/c1-4-34-27(33)23-24(19-9-6-5-7-10-19)29-28-31(25(23)21-11-8-16-35-21)26(32)22(36-28)17-18-12-14-20(15-13-18)30(2)3/h5-17,25H,4H2,1-3H3. The highest BCUT2D eigenvalue weighted by Gasteiger charge is 2.35. The fourth-order valence-corrected chi connectivity index (χ4v) is 6.00. The number of carbonyl (C=O) groups excluding carboxylic acids is 1. The largest absolute Gasteiger partial charge is 0.463 e. The van der Waals surface area contributed by atoms with Crippen molar-refractivity contribution in [3.05, 3.63) is 113 Å². The van der Waals surface area contributed by atoms with E-state index >= 15 is 0 Å². The number of thiazole rings is 1. The Morgan fingerprint density at radius 2 is 1.83 bits per heavy atom. The van der Waals surface area contributed by atoms with Gasteiger partial charge in [-0.15, -0.1) is 11.3 Å². The van der Waals surface area contributed by atoms with E-state index in [0.29, 0.717) is 20.6 Å². The maximum Gasteiger partial charge on any atom is 0.338 e. The molecule has 2 aromatic carbocycles. The zero-order valence-corrected chi connectivity index (χ0v) is 21.8. The first-order valence-corrected chi connectivity index (χ1v) is 13.3. The summed E-state index contributed by atoms with van der Waals surface area (Å²) in [5, 5.41) is 1.95. The molecule has 0 saturated carbocycles. The molecule has 0 bridgehead atoms. The molecule has 0 spiro atoms. The summed E-state index contributed by atoms with van der Waals surface area (Å²) in [5.74, 6) is -0.466. The van der Waals surface area contributed by atoms with Gasteiger partial charge in [0.15, 0.2) is 4.80 Å². The second-order valence-electron chi connectivity index (χ2n) is 8.43. The van der Waals surface area contributed by atoms with Crippen LogP contribution >= 0.6 is 22.7 Å². The number of carbonyl (C=O) groups is 1. The van der Waals surface area contributed by atoms with Crippen molar-refractivity contribution in [2.24, 2.45) is 4.99 Å². The topological polar surface area (TPSA) is 63.9 Å². The molecule has 0 fully saturated rings. The average Bonchev–Trinajstić information content (AvgIpc) is 3.52. The summed E-state index contributed by atoms with van der Waals surface area (Å²) in [6.07, 6.45) is 1.88. The Hall–Kier alpha value is -3.75. The molecule has 1 atom stereocenters. The molecule has 1 aliphatic rings. The van der Waals surface area contributed by atoms with Gasteiger partial charge in [-0.1, -0.05) is 59.9 Å². The number of esters is 1. The highest BCUT2D eigenvalue weighted by molar-refractivity contribution is 7.10. The van der Waals surface area contributed by atoms with Crippen molar-refractivity contribution in [1.82, 2.24) is 4.57 Å². The van der Waals surface area contributed by atoms with E-state index < -0.39 is 12.0 Å². The summed E-state index contributed by atoms with van der Waals surface area (Å²) >= 11 is 2.83. The van der Waals surface area contributed by atoms with Gasteiger partial charge in [0.05, 0.1) is 22.4 Å². The van der Waals surface area contributed by atoms with Crippen LogP contribution in [0, 0.1) is 0 Å². The van der Waals surface area contributed by atoms with Crippen LogP contribution in [0.2, 0.25) is 0 Å². The van der Waals surface area contributed by atoms with E-state index in [9.17, 15) is 9.59 Å². The Kier molecular flexibility index (Phi) is 6.71. The minimum atomic E-state index is -0.617. The second kappa shape index (κ2) is 10.1. The predicted octanol–water partition coefficient (Wildman–Crippen LogP) is 4.06. The van der Waals surface area contributed by atoms with Crippen molar-refractivity contribution in [3.63, 3.8) is 0 Å². The van der Waals surface area contributed by atoms with Gasteiger partial charge < -0.3 is 9.64 Å². The number of aromatic nitrogens is 1. The van der Waals surface area contributed by atoms with E-state index in [1.54, 1.807) is 11.5 Å². The molecule has 8 heteroatoms. The number of benzene rings is 2. The first kappa shape index (κ1) is 24.0. The molecule has 4 aromatic rings. The SMILES string of the molecule is CCOC(=O)C1=C(c2ccccc2)N=c2sc(=Cc3ccc(N(C)C)cc3)c(=O)n2C1c1cccs1. The molecule has 0 radical (unpaired) electrons. The van der Waals surface area contributed by atoms with Crippen molar-refractivity contribution in [3.8, 4) is 0 Å². The molecule has 1 aliphatic heterocycles. The number of anilines is 1. The van der Waals surface area contributed by atoms with Gasteiger partial charge in [-0.2, -0.15) is 0 Å². The molecular weight excluding hydrogens is 490 g/mol. The van der Waals surface area contributed by atoms with Gasteiger partial charge in [0.1, 0.15) is 6.04 Å². The van der Waals surface area contributed by atoms with Gasteiger partial charge in [0.2, 0.25) is 0 Å². The van der Waals surface area contributed by atoms with E-state index in [0.717, 1.165) is 21.7 Å². The van der Waals surface area contributed by atoms with Crippen LogP contribution < -0.4 is 19.8 Å². The molecule has 3 heterocycles. The first-order valence-electron chi connectivity index (χ1n) is 11.6. The minimum Gasteiger partial charge on any atom is -0.463 e. The Balaban J connectivity index is 1.76. The van der Waals surface area contributed by atoms with Crippen molar-refractivity contribution < 1.29 is 9.53 Å². The van der Waals surface area contributed by atoms with E-state index in [1.807, 2.05) is 97.2 Å². The molecule has 6 nitrogen and oxygen atoms in total. The van der Waals surface area contributed by atoms with Gasteiger partial charge >= 0.3 is 5.97 Å². The molecule has 0 N–H and O–H groups in total. The second-order valence-corrected chi connectivity index (χ2v) is 10.4. The van der Waals surface area contributed by atoms with E-state index in [1.165, 1.54) is 22.7 Å². The third-order valence-electron chi connectivity index (χ3n) is 5.89. The maximum absolute atomic E-state index is 13.8. The van der Waals surface area contributed by atoms with Gasteiger partial charge in [0.25, 0.3) is 5.56 Å². The summed E-state index contributed by atoms with van der Waals surface area (Å²) in [6, 6.07) is 20.8. The van der Waals surface area contributed by atoms with E-state index in [2.05, 4.69) is 0 Å². The average molecular weight is 516 g/mol. The van der Waals surface area contributed by atoms with Crippen LogP contribution in [-0.4, -0.2) is 31.2 Å². The van der Waals surface area contributed by atoms with Gasteiger partial charge in [-0.3, -0.25) is 9.36 Å². The quantitative estimate of drug-likeness (QED) is 0.363. The molecular formula is C28H25N3O3S2. The van der Waals surface area contributed by atoms with E-state index in [-0.39, 0.29) is 12.2 Å². The Morgan fingerprint density at radius 1 is 1.08 bits per heavy atom. The molecule has 1 unspecified atom stereocenters. The smallest absolute Gasteiger partial charge is 0.338 e. The number of hydrogen-bond acceptors (Lipinski definition) is 7. The van der Waals surface area contributed by atoms with Gasteiger partial charge in [-0.05, 0) is 42.1 Å². The highest BCUT2D eigenvalue weighted by Crippen LogP contribution is 2.36. The van der Waals surface area contributed by atoms with Crippen LogP contribution in [0.3, 0.4) is 0 Å². The van der Waals surface area contributed by atoms with Crippen molar-refractivity contribution in [1.29, 1.82) is 0 Å². The van der Waals surface area contributed by atoms with Crippen molar-refractivity contribution in [2.75, 3.05) is 25.6 Å². The zero-order chi connectivity index (χ0) is 25.2. The van der Waals surface area contributed by atoms with Crippen LogP contribution in [0.5, 0.6) is 0 Å². The monoisotopic (exact) mass is 515 g/mol. The van der Waals surface area contributed by atoms with Crippen molar-refractivity contribution >= 4 is 46.1 Å². The fraction of sp³-hybridized carbons (Fsp3) is 0.179. The minimum absolute atomic E-state index is 0.178. The predicted molar refractivity (Wildman–Crippen MR) is 146 cm³/mol. The number of thiophene rings is 1. The lowest BCUT2D eigenvalue weighted by Crippen LogP contribution is -2.39. The first-order chi connectivity index (χ1) is 17.5. The summed E-state index contributed by atoms with van der Waals surface area (Å²) in [4.78, 5) is 35.4. The lowest BCUT2D eigenvalue weighted by atomic mass is 9.97. The number of hydrogen-bond donors (Lipinski definition) is 0. The lowest BCUT2D eigenvalue weighted by Gasteiger charge is -2.24. The van der Waals surface area contributed by atoms with Crippen LogP contribution in [-0.2, 0) is 9.53 Å². The zero-order valence-electron chi connectivity index (χ0n) is 20.2. The number of rotatable bonds is 6. The molecule has 5 rings (SSSR count). The summed E-state index contributed by atoms with van der Waals surface area (Å²) in [5.41, 5.74) is 3.54. The van der Waals surface area contributed by atoms with Crippen LogP contribution in [0.15, 0.2) is 87.5 Å². The summed E-state index contributed by atoms with van der Waals surface area (Å²) in [7, 11) is 3.98. The number of fused-ring (bicyclic) bond motifs is 1. The Morgan fingerprint density at radius 3 is 2.47 bits per heavy atom. The van der Waals surface area contributed by atoms with Gasteiger partial charge in [0, 0.05) is 30.2 Å². The fourth-order valence-electron chi connectivity index (χ4n) is 4.18. The molecule has 36 heavy (non-hydrogen) atoms. The Labute approximate surface area is 216 Å². The highest BCUT2D eigenvalue weighted by atomic mass is 32.1. The molecule has 2 aromatic heterocycles. The molecule has 0 saturated heterocycles. The van der Waals surface area contributed by atoms with Gasteiger partial charge in [-0.25, -0.2) is 9.79 Å². The third kappa shape index (κ3) is 4.45. The number of nitrogens with zero attached hydrogens (tertiary/aromatic N) is 3. The van der Waals surface area contributed by atoms with Crippen molar-refractivity contribution in [2.45, 2.75) is 13.0 Å². The van der Waals surface area contributed by atoms with E-state index in [4.69, 9.17) is 9.73 Å². The summed E-state index contributed by atoms with van der Waals surface area (Å²) < 4.78 is 7.67. The lowest BCUT2D eigenvalue weighted by molar-refractivity contribution is -0.138. The molecule has 0 aliphatic carbocycles. The third-order valence-corrected chi connectivity index (χ3v) is 7.80. The molecule has 182 valence electrons. The van der Waals surface area contributed by atoms with Crippen LogP contribution in [0.4, 0.5) is 5.69 Å². The van der Waals surface area contributed by atoms with Crippen LogP contribution in [0.25, 0.3) is 11.8 Å². The molecule has 0 amide bonds. The normalized spacial score (nSPS) is 15.4.